The molecule has 4 nitrogen and oxygen atoms in total. The Bertz CT molecular complexity index is 401. The van der Waals surface area contributed by atoms with Crippen molar-refractivity contribution in [1.29, 1.82) is 0 Å². The van der Waals surface area contributed by atoms with Gasteiger partial charge in [0.1, 0.15) is 23.1 Å². The summed E-state index contributed by atoms with van der Waals surface area (Å²) in [4.78, 5) is 8.01. The number of ether oxygens (including phenoxy) is 1. The normalized spacial score (nSPS) is 10.0. The highest BCUT2D eigenvalue weighted by Gasteiger charge is 2.02. The molecule has 0 aliphatic heterocycles. The van der Waals surface area contributed by atoms with E-state index in [-0.39, 0.29) is 0 Å². The van der Waals surface area contributed by atoms with E-state index in [1.54, 1.807) is 17.9 Å². The first-order valence-electron chi connectivity index (χ1n) is 4.07. The fourth-order valence-electron chi connectivity index (χ4n) is 0.971. The summed E-state index contributed by atoms with van der Waals surface area (Å²) in [7, 11) is 0. The highest BCUT2D eigenvalue weighted by Crippen LogP contribution is 2.17. The van der Waals surface area contributed by atoms with Crippen molar-refractivity contribution in [3.8, 4) is 5.75 Å². The first kappa shape index (κ1) is 8.96. The van der Waals surface area contributed by atoms with Crippen LogP contribution in [0.15, 0.2) is 30.0 Å². The van der Waals surface area contributed by atoms with E-state index in [1.807, 2.05) is 12.1 Å². The van der Waals surface area contributed by atoms with Crippen molar-refractivity contribution in [3.63, 3.8) is 0 Å². The van der Waals surface area contributed by atoms with Crippen LogP contribution in [0.4, 0.5) is 5.00 Å². The largest absolute Gasteiger partial charge is 0.486 e. The lowest BCUT2D eigenvalue weighted by atomic mass is 10.4. The van der Waals surface area contributed by atoms with Gasteiger partial charge in [0.2, 0.25) is 0 Å². The lowest BCUT2D eigenvalue weighted by Crippen LogP contribution is -1.98. The lowest BCUT2D eigenvalue weighted by Gasteiger charge is -2.03. The Morgan fingerprint density at radius 3 is 3.07 bits per heavy atom. The molecule has 0 bridgehead atoms. The Balaban J connectivity index is 1.99. The minimum atomic E-state index is 0.390. The van der Waals surface area contributed by atoms with E-state index in [1.165, 1.54) is 11.3 Å². The van der Waals surface area contributed by atoms with Gasteiger partial charge in [-0.2, -0.15) is 0 Å². The molecule has 72 valence electrons. The molecule has 14 heavy (non-hydrogen) atoms. The monoisotopic (exact) mass is 207 g/mol. The molecule has 0 unspecified atom stereocenters. The maximum absolute atomic E-state index is 5.67. The van der Waals surface area contributed by atoms with Gasteiger partial charge in [-0.1, -0.05) is 0 Å². The number of nitrogen functional groups attached to an aromatic ring is 1. The summed E-state index contributed by atoms with van der Waals surface area (Å²) in [6.07, 6.45) is 3.35. The number of nitrogens with zero attached hydrogens (tertiary/aromatic N) is 2. The van der Waals surface area contributed by atoms with Crippen molar-refractivity contribution in [2.24, 2.45) is 0 Å². The molecule has 0 aliphatic carbocycles. The number of rotatable bonds is 3. The van der Waals surface area contributed by atoms with Crippen LogP contribution in [0.2, 0.25) is 0 Å². The number of thiazole rings is 1. The van der Waals surface area contributed by atoms with Gasteiger partial charge in [-0.3, -0.25) is 4.98 Å². The van der Waals surface area contributed by atoms with E-state index in [0.717, 1.165) is 11.4 Å². The van der Waals surface area contributed by atoms with Crippen LogP contribution in [-0.2, 0) is 6.61 Å². The average molecular weight is 207 g/mol. The highest BCUT2D eigenvalue weighted by atomic mass is 32.1. The number of anilines is 1. The fraction of sp³-hybridized carbons (Fsp3) is 0.111. The Kier molecular flexibility index (Phi) is 2.60. The van der Waals surface area contributed by atoms with Crippen molar-refractivity contribution < 1.29 is 4.74 Å². The zero-order valence-electron chi connectivity index (χ0n) is 7.38. The topological polar surface area (TPSA) is 61.0 Å². The summed E-state index contributed by atoms with van der Waals surface area (Å²) < 4.78 is 5.43. The molecule has 0 saturated heterocycles. The molecule has 0 radical (unpaired) electrons. The van der Waals surface area contributed by atoms with Crippen LogP contribution < -0.4 is 10.5 Å². The number of nitrogens with two attached hydrogens (primary N) is 1. The molecule has 2 rings (SSSR count). The molecule has 2 aromatic rings. The Morgan fingerprint density at radius 2 is 2.43 bits per heavy atom. The first-order chi connectivity index (χ1) is 6.86. The second-order valence-electron chi connectivity index (χ2n) is 2.64. The highest BCUT2D eigenvalue weighted by molar-refractivity contribution is 7.13. The predicted octanol–water partition coefficient (Wildman–Crippen LogP) is 1.70. The SMILES string of the molecule is Nc1scnc1COc1cccnc1. The molecule has 0 amide bonds. The molecule has 2 aromatic heterocycles. The molecular weight excluding hydrogens is 198 g/mol. The Hall–Kier alpha value is -1.62. The minimum absolute atomic E-state index is 0.390. The molecular formula is C9H9N3OS. The van der Waals surface area contributed by atoms with Gasteiger partial charge in [0, 0.05) is 6.20 Å². The van der Waals surface area contributed by atoms with E-state index in [9.17, 15) is 0 Å². The molecule has 0 fully saturated rings. The van der Waals surface area contributed by atoms with Gasteiger partial charge in [0.25, 0.3) is 0 Å². The Labute approximate surface area is 85.4 Å². The third-order valence-corrected chi connectivity index (χ3v) is 2.38. The summed E-state index contributed by atoms with van der Waals surface area (Å²) in [5.41, 5.74) is 8.15. The quantitative estimate of drug-likeness (QED) is 0.832. The lowest BCUT2D eigenvalue weighted by molar-refractivity contribution is 0.301. The van der Waals surface area contributed by atoms with Crippen LogP contribution >= 0.6 is 11.3 Å². The number of pyridine rings is 1. The Morgan fingerprint density at radius 1 is 1.50 bits per heavy atom. The maximum atomic E-state index is 5.67. The van der Waals surface area contributed by atoms with Crippen molar-refractivity contribution in [3.05, 3.63) is 35.7 Å². The molecule has 0 spiro atoms. The van der Waals surface area contributed by atoms with Gasteiger partial charge in [-0.25, -0.2) is 4.98 Å². The zero-order chi connectivity index (χ0) is 9.80. The van der Waals surface area contributed by atoms with Crippen LogP contribution in [0.5, 0.6) is 5.75 Å². The van der Waals surface area contributed by atoms with Crippen LogP contribution in [0.25, 0.3) is 0 Å². The fourth-order valence-corrected chi connectivity index (χ4v) is 1.51. The smallest absolute Gasteiger partial charge is 0.138 e. The summed E-state index contributed by atoms with van der Waals surface area (Å²) in [5, 5.41) is 0.703. The molecule has 2 N–H and O–H groups in total. The van der Waals surface area contributed by atoms with Gasteiger partial charge >= 0.3 is 0 Å². The van der Waals surface area contributed by atoms with E-state index in [0.29, 0.717) is 11.6 Å². The second kappa shape index (κ2) is 4.06. The van der Waals surface area contributed by atoms with Crippen molar-refractivity contribution in [2.75, 3.05) is 5.73 Å². The zero-order valence-corrected chi connectivity index (χ0v) is 8.20. The number of aromatic nitrogens is 2. The molecule has 0 aromatic carbocycles. The molecule has 2 heterocycles. The van der Waals surface area contributed by atoms with Crippen molar-refractivity contribution >= 4 is 16.3 Å². The summed E-state index contributed by atoms with van der Waals surface area (Å²) in [6, 6.07) is 3.66. The van der Waals surface area contributed by atoms with Gasteiger partial charge in [-0.15, -0.1) is 11.3 Å². The van der Waals surface area contributed by atoms with Crippen LogP contribution in [-0.4, -0.2) is 9.97 Å². The van der Waals surface area contributed by atoms with Crippen LogP contribution in [0, 0.1) is 0 Å². The standard InChI is InChI=1S/C9H9N3OS/c10-9-8(12-6-14-9)5-13-7-2-1-3-11-4-7/h1-4,6H,5,10H2. The second-order valence-corrected chi connectivity index (χ2v) is 3.53. The van der Waals surface area contributed by atoms with E-state index in [2.05, 4.69) is 9.97 Å². The molecule has 5 heteroatoms. The third-order valence-electron chi connectivity index (χ3n) is 1.68. The average Bonchev–Trinajstić information content (AvgIpc) is 2.63. The van der Waals surface area contributed by atoms with Gasteiger partial charge in [-0.05, 0) is 12.1 Å². The van der Waals surface area contributed by atoms with Crippen LogP contribution in [0.1, 0.15) is 5.69 Å². The van der Waals surface area contributed by atoms with E-state index < -0.39 is 0 Å². The number of hydrogen-bond donors (Lipinski definition) is 1. The van der Waals surface area contributed by atoms with Gasteiger partial charge in [0.15, 0.2) is 0 Å². The van der Waals surface area contributed by atoms with Crippen LogP contribution in [0.3, 0.4) is 0 Å². The molecule has 0 saturated carbocycles. The van der Waals surface area contributed by atoms with Crippen molar-refractivity contribution in [2.45, 2.75) is 6.61 Å². The number of hydrogen-bond acceptors (Lipinski definition) is 5. The van der Waals surface area contributed by atoms with E-state index >= 15 is 0 Å². The molecule has 0 atom stereocenters. The first-order valence-corrected chi connectivity index (χ1v) is 4.95. The predicted molar refractivity (Wildman–Crippen MR) is 55.1 cm³/mol. The maximum Gasteiger partial charge on any atom is 0.138 e. The molecule has 0 aliphatic rings. The minimum Gasteiger partial charge on any atom is -0.486 e. The van der Waals surface area contributed by atoms with Gasteiger partial charge in [0.05, 0.1) is 11.7 Å². The van der Waals surface area contributed by atoms with E-state index in [4.69, 9.17) is 10.5 Å². The third kappa shape index (κ3) is 2.00. The summed E-state index contributed by atoms with van der Waals surface area (Å²) in [6.45, 7) is 0.390. The summed E-state index contributed by atoms with van der Waals surface area (Å²) >= 11 is 1.41. The van der Waals surface area contributed by atoms with Crippen molar-refractivity contribution in [1.82, 2.24) is 9.97 Å². The van der Waals surface area contributed by atoms with Gasteiger partial charge < -0.3 is 10.5 Å². The summed E-state index contributed by atoms with van der Waals surface area (Å²) in [5.74, 6) is 0.722.